The summed E-state index contributed by atoms with van der Waals surface area (Å²) in [6.45, 7) is 8.26. The van der Waals surface area contributed by atoms with Crippen molar-refractivity contribution < 1.29 is 23.5 Å². The first-order chi connectivity index (χ1) is 28.0. The zero-order chi connectivity index (χ0) is 40.5. The number of unbranched alkanes of at least 4 members (excludes halogenated alkanes) is 2. The molecule has 0 radical (unpaired) electrons. The number of fused-ring (bicyclic) bond motifs is 1. The number of aromatic nitrogens is 3. The molecular formula is C42H48Cl2FN9O4. The van der Waals surface area contributed by atoms with E-state index in [4.69, 9.17) is 38.8 Å². The molecule has 4 aliphatic rings. The molecule has 2 aromatic carbocycles. The summed E-state index contributed by atoms with van der Waals surface area (Å²) >= 11 is 12.5. The summed E-state index contributed by atoms with van der Waals surface area (Å²) in [7, 11) is 0. The van der Waals surface area contributed by atoms with E-state index in [1.807, 2.05) is 36.7 Å². The number of likely N-dealkylation sites (tertiary alicyclic amines) is 2. The molecule has 13 nitrogen and oxygen atoms in total. The number of nitrogens with one attached hydrogen (secondary N) is 2. The number of halogens is 3. The number of amides is 3. The number of hydrogen-bond donors (Lipinski definition) is 3. The van der Waals surface area contributed by atoms with Gasteiger partial charge in [-0.25, -0.2) is 9.37 Å². The van der Waals surface area contributed by atoms with Gasteiger partial charge in [0.25, 0.3) is 5.91 Å². The van der Waals surface area contributed by atoms with Gasteiger partial charge in [-0.15, -0.1) is 0 Å². The minimum atomic E-state index is -0.665. The third-order valence-electron chi connectivity index (χ3n) is 11.9. The number of imide groups is 1. The van der Waals surface area contributed by atoms with Gasteiger partial charge < -0.3 is 25.6 Å². The van der Waals surface area contributed by atoms with Gasteiger partial charge in [-0.3, -0.25) is 29.3 Å². The van der Waals surface area contributed by atoms with E-state index in [1.165, 1.54) is 25.0 Å². The molecular weight excluding hydrogens is 784 g/mol. The molecule has 16 heteroatoms. The highest BCUT2D eigenvalue weighted by Crippen LogP contribution is 2.38. The minimum absolute atomic E-state index is 0.0838. The highest BCUT2D eigenvalue weighted by molar-refractivity contribution is 6.36. The van der Waals surface area contributed by atoms with Crippen molar-refractivity contribution in [2.75, 3.05) is 50.3 Å². The third kappa shape index (κ3) is 8.52. The Bertz CT molecular complexity index is 2190. The Morgan fingerprint density at radius 1 is 1.00 bits per heavy atom. The molecule has 2 aromatic heterocycles. The molecule has 2 unspecified atom stereocenters. The van der Waals surface area contributed by atoms with Gasteiger partial charge in [0.15, 0.2) is 11.6 Å². The lowest BCUT2D eigenvalue weighted by atomic mass is 10.0. The van der Waals surface area contributed by atoms with Crippen LogP contribution in [0.25, 0.3) is 11.1 Å². The fourth-order valence-corrected chi connectivity index (χ4v) is 9.28. The molecule has 4 aromatic rings. The van der Waals surface area contributed by atoms with E-state index in [0.29, 0.717) is 46.9 Å². The molecule has 3 fully saturated rings. The van der Waals surface area contributed by atoms with Crippen molar-refractivity contribution in [1.29, 1.82) is 0 Å². The van der Waals surface area contributed by atoms with E-state index >= 15 is 0 Å². The van der Waals surface area contributed by atoms with Gasteiger partial charge in [0.2, 0.25) is 11.8 Å². The normalized spacial score (nSPS) is 19.9. The van der Waals surface area contributed by atoms with Crippen LogP contribution in [0.1, 0.15) is 85.5 Å². The molecule has 0 saturated carbocycles. The number of piperidine rings is 2. The molecule has 4 aliphatic heterocycles. The van der Waals surface area contributed by atoms with Crippen molar-refractivity contribution >= 4 is 52.4 Å². The number of nitrogen functional groups attached to an aromatic ring is 1. The molecule has 4 N–H and O–H groups in total. The monoisotopic (exact) mass is 831 g/mol. The van der Waals surface area contributed by atoms with Crippen LogP contribution in [-0.2, 0) is 16.1 Å². The maximum Gasteiger partial charge on any atom is 0.255 e. The Hall–Kier alpha value is -4.76. The largest absolute Gasteiger partial charge is 0.482 e. The number of nitrogens with two attached hydrogens (primary N) is 1. The number of benzene rings is 2. The fraction of sp³-hybridized carbons (Fsp3) is 0.452. The van der Waals surface area contributed by atoms with Crippen LogP contribution in [0.4, 0.5) is 15.9 Å². The number of hydrogen-bond acceptors (Lipinski definition) is 10. The van der Waals surface area contributed by atoms with Crippen molar-refractivity contribution in [1.82, 2.24) is 34.8 Å². The van der Waals surface area contributed by atoms with Gasteiger partial charge in [-0.1, -0.05) is 35.7 Å². The van der Waals surface area contributed by atoms with E-state index in [1.54, 1.807) is 18.0 Å². The van der Waals surface area contributed by atoms with Crippen LogP contribution in [0, 0.1) is 5.82 Å². The van der Waals surface area contributed by atoms with Crippen LogP contribution < -0.4 is 21.1 Å². The molecule has 3 saturated heterocycles. The summed E-state index contributed by atoms with van der Waals surface area (Å²) in [4.78, 5) is 48.2. The summed E-state index contributed by atoms with van der Waals surface area (Å²) in [6.07, 6.45) is 11.1. The van der Waals surface area contributed by atoms with E-state index in [9.17, 15) is 18.8 Å². The zero-order valence-corrected chi connectivity index (χ0v) is 33.9. The van der Waals surface area contributed by atoms with E-state index in [-0.39, 0.29) is 29.1 Å². The van der Waals surface area contributed by atoms with Gasteiger partial charge in [0.05, 0.1) is 23.3 Å². The molecule has 0 spiro atoms. The molecule has 6 heterocycles. The van der Waals surface area contributed by atoms with Gasteiger partial charge in [-0.2, -0.15) is 5.10 Å². The molecule has 58 heavy (non-hydrogen) atoms. The second kappa shape index (κ2) is 17.2. The summed E-state index contributed by atoms with van der Waals surface area (Å²) in [5.74, 6) is -0.841. The summed E-state index contributed by atoms with van der Waals surface area (Å²) < 4.78 is 22.3. The fourth-order valence-electron chi connectivity index (χ4n) is 8.60. The van der Waals surface area contributed by atoms with Crippen molar-refractivity contribution in [3.8, 4) is 16.9 Å². The first kappa shape index (κ1) is 40.0. The first-order valence-electron chi connectivity index (χ1n) is 20.1. The molecule has 2 atom stereocenters. The second-order valence-electron chi connectivity index (χ2n) is 15.8. The van der Waals surface area contributed by atoms with Gasteiger partial charge >= 0.3 is 0 Å². The van der Waals surface area contributed by atoms with Crippen molar-refractivity contribution in [3.63, 3.8) is 0 Å². The van der Waals surface area contributed by atoms with Crippen LogP contribution in [0.3, 0.4) is 0 Å². The standard InChI is InChI=1S/C42H48Cl2FN9O4/c1-25(38-32(43)8-9-33(45)39(38)44)58-36-18-26(19-47-40(36)46)27-20-48-54(21-27)29-12-16-51(17-13-29)14-3-2-4-15-52-22-28(23-52)49-34-7-5-6-30-31(34)24-53(42(30)57)35-10-11-37(55)50-41(35)56/h5-9,18-21,25,28-29,35,49H,2-4,10-17,22-24H2,1H3,(H2,46,47)(H,50,55,56). The Balaban J connectivity index is 0.735. The average Bonchev–Trinajstić information content (AvgIpc) is 3.82. The predicted molar refractivity (Wildman–Crippen MR) is 220 cm³/mol. The lowest BCUT2D eigenvalue weighted by molar-refractivity contribution is -0.136. The van der Waals surface area contributed by atoms with Crippen molar-refractivity contribution in [2.45, 2.75) is 82.6 Å². The summed E-state index contributed by atoms with van der Waals surface area (Å²) in [6, 6.07) is 10.2. The Labute approximate surface area is 347 Å². The predicted octanol–water partition coefficient (Wildman–Crippen LogP) is 6.48. The van der Waals surface area contributed by atoms with Crippen molar-refractivity contribution in [3.05, 3.63) is 87.5 Å². The van der Waals surface area contributed by atoms with Crippen LogP contribution in [0.2, 0.25) is 10.0 Å². The summed E-state index contributed by atoms with van der Waals surface area (Å²) in [5, 5.41) is 10.9. The van der Waals surface area contributed by atoms with Crippen LogP contribution in [-0.4, -0.2) is 98.5 Å². The molecule has 0 bridgehead atoms. The maximum atomic E-state index is 14.1. The second-order valence-corrected chi connectivity index (χ2v) is 16.6. The SMILES string of the molecule is CC(Oc1cc(-c2cnn(C3CCN(CCCCCN4CC(Nc5cccc6c5CN(C5CCC(=O)NC5=O)C6=O)C4)CC3)c2)cnc1N)c1c(Cl)ccc(F)c1Cl. The molecule has 3 amide bonds. The van der Waals surface area contributed by atoms with Crippen LogP contribution in [0.5, 0.6) is 5.75 Å². The van der Waals surface area contributed by atoms with E-state index in [0.717, 1.165) is 80.9 Å². The number of nitrogens with zero attached hydrogens (tertiary/aromatic N) is 6. The number of carbonyl (C=O) groups excluding carboxylic acids is 3. The lowest BCUT2D eigenvalue weighted by Gasteiger charge is -2.40. The smallest absolute Gasteiger partial charge is 0.255 e. The lowest BCUT2D eigenvalue weighted by Crippen LogP contribution is -2.54. The minimum Gasteiger partial charge on any atom is -0.482 e. The highest BCUT2D eigenvalue weighted by atomic mass is 35.5. The van der Waals surface area contributed by atoms with Gasteiger partial charge in [0.1, 0.15) is 18.0 Å². The number of pyridine rings is 1. The van der Waals surface area contributed by atoms with E-state index < -0.39 is 23.9 Å². The zero-order valence-electron chi connectivity index (χ0n) is 32.4. The maximum absolute atomic E-state index is 14.1. The number of carbonyl (C=O) groups is 3. The Morgan fingerprint density at radius 2 is 1.78 bits per heavy atom. The van der Waals surface area contributed by atoms with Crippen LogP contribution >= 0.6 is 23.2 Å². The molecule has 0 aliphatic carbocycles. The number of rotatable bonds is 14. The first-order valence-corrected chi connectivity index (χ1v) is 20.9. The topological polar surface area (TPSA) is 151 Å². The Kier molecular flexibility index (Phi) is 11.9. The molecule has 8 rings (SSSR count). The van der Waals surface area contributed by atoms with Crippen molar-refractivity contribution in [2.24, 2.45) is 0 Å². The van der Waals surface area contributed by atoms with E-state index in [2.05, 4.69) is 30.1 Å². The Morgan fingerprint density at radius 3 is 2.55 bits per heavy atom. The van der Waals surface area contributed by atoms with Gasteiger partial charge in [-0.05, 0) is 82.4 Å². The third-order valence-corrected chi connectivity index (χ3v) is 12.6. The average molecular weight is 833 g/mol. The quantitative estimate of drug-likeness (QED) is 0.0733. The van der Waals surface area contributed by atoms with Crippen LogP contribution in [0.15, 0.2) is 55.0 Å². The number of anilines is 2. The van der Waals surface area contributed by atoms with Gasteiger partial charge in [0, 0.05) is 90.1 Å². The molecule has 306 valence electrons. The highest BCUT2D eigenvalue weighted by Gasteiger charge is 2.40. The number of ether oxygens (including phenoxy) is 1. The summed E-state index contributed by atoms with van der Waals surface area (Å²) in [5.41, 5.74) is 10.7.